The van der Waals surface area contributed by atoms with Gasteiger partial charge in [-0.25, -0.2) is 9.97 Å². The molecule has 0 aliphatic rings. The largest absolute Gasteiger partial charge is 0.325 e. The zero-order chi connectivity index (χ0) is 17.0. The van der Waals surface area contributed by atoms with Crippen LogP contribution in [0.3, 0.4) is 0 Å². The average Bonchev–Trinajstić information content (AvgIpc) is 2.49. The van der Waals surface area contributed by atoms with Crippen molar-refractivity contribution in [1.29, 1.82) is 5.26 Å². The fourth-order valence-corrected chi connectivity index (χ4v) is 3.02. The van der Waals surface area contributed by atoms with Crippen molar-refractivity contribution >= 4 is 35.0 Å². The number of carbonyl (C=O) groups is 1. The van der Waals surface area contributed by atoms with E-state index in [1.54, 1.807) is 45.0 Å². The van der Waals surface area contributed by atoms with Crippen LogP contribution in [0.15, 0.2) is 29.3 Å². The van der Waals surface area contributed by atoms with Gasteiger partial charge in [0.15, 0.2) is 0 Å². The van der Waals surface area contributed by atoms with E-state index in [4.69, 9.17) is 11.6 Å². The number of amides is 1. The Morgan fingerprint density at radius 2 is 1.96 bits per heavy atom. The van der Waals surface area contributed by atoms with Crippen molar-refractivity contribution in [3.05, 3.63) is 46.4 Å². The number of benzene rings is 1. The van der Waals surface area contributed by atoms with E-state index >= 15 is 0 Å². The lowest BCUT2D eigenvalue weighted by Gasteiger charge is -2.13. The molecule has 1 N–H and O–H groups in total. The zero-order valence-corrected chi connectivity index (χ0v) is 14.5. The summed E-state index contributed by atoms with van der Waals surface area (Å²) in [6.07, 6.45) is 0. The van der Waals surface area contributed by atoms with Gasteiger partial charge in [0, 0.05) is 10.7 Å². The molecule has 1 aromatic heterocycles. The van der Waals surface area contributed by atoms with Gasteiger partial charge in [0.2, 0.25) is 5.91 Å². The standard InChI is InChI=1S/C16H15ClN4OS/c1-9-14(8-18)16(20-11(3)19-9)23-10(2)15(22)21-13-6-4-12(17)5-7-13/h4-7,10H,1-3H3,(H,21,22). The highest BCUT2D eigenvalue weighted by molar-refractivity contribution is 8.00. The Morgan fingerprint density at radius 1 is 1.30 bits per heavy atom. The topological polar surface area (TPSA) is 78.7 Å². The van der Waals surface area contributed by atoms with Crippen LogP contribution in [0.4, 0.5) is 5.69 Å². The van der Waals surface area contributed by atoms with E-state index in [1.165, 1.54) is 11.8 Å². The Kier molecular flexibility index (Phi) is 5.59. The van der Waals surface area contributed by atoms with Crippen molar-refractivity contribution in [2.24, 2.45) is 0 Å². The highest BCUT2D eigenvalue weighted by Crippen LogP contribution is 2.27. The Hall–Kier alpha value is -2.10. The number of hydrogen-bond acceptors (Lipinski definition) is 5. The molecule has 0 saturated heterocycles. The maximum atomic E-state index is 12.3. The first-order chi connectivity index (χ1) is 10.9. The lowest BCUT2D eigenvalue weighted by molar-refractivity contribution is -0.115. The molecule has 0 radical (unpaired) electrons. The highest BCUT2D eigenvalue weighted by atomic mass is 35.5. The zero-order valence-electron chi connectivity index (χ0n) is 12.9. The second kappa shape index (κ2) is 7.44. The molecule has 23 heavy (non-hydrogen) atoms. The van der Waals surface area contributed by atoms with Gasteiger partial charge in [-0.05, 0) is 45.0 Å². The van der Waals surface area contributed by atoms with Crippen LogP contribution in [0.1, 0.15) is 24.0 Å². The molecule has 1 amide bonds. The normalized spacial score (nSPS) is 11.6. The summed E-state index contributed by atoms with van der Waals surface area (Å²) in [6, 6.07) is 8.98. The molecule has 0 fully saturated rings. The van der Waals surface area contributed by atoms with Crippen molar-refractivity contribution in [3.63, 3.8) is 0 Å². The summed E-state index contributed by atoms with van der Waals surface area (Å²) in [5.41, 5.74) is 1.70. The molecule has 1 atom stereocenters. The van der Waals surface area contributed by atoms with Crippen molar-refractivity contribution in [1.82, 2.24) is 9.97 Å². The average molecular weight is 347 g/mol. The van der Waals surface area contributed by atoms with Crippen LogP contribution in [0.25, 0.3) is 0 Å². The first-order valence-electron chi connectivity index (χ1n) is 6.89. The summed E-state index contributed by atoms with van der Waals surface area (Å²) in [5.74, 6) is 0.407. The minimum absolute atomic E-state index is 0.171. The molecule has 0 aliphatic heterocycles. The third-order valence-corrected chi connectivity index (χ3v) is 4.39. The Labute approximate surface area is 144 Å². The Bertz CT molecular complexity index is 771. The Morgan fingerprint density at radius 3 is 2.57 bits per heavy atom. The van der Waals surface area contributed by atoms with Gasteiger partial charge in [0.25, 0.3) is 0 Å². The molecule has 2 aromatic rings. The molecule has 118 valence electrons. The van der Waals surface area contributed by atoms with Crippen LogP contribution in [-0.2, 0) is 4.79 Å². The van der Waals surface area contributed by atoms with Crippen LogP contribution in [0.5, 0.6) is 0 Å². The van der Waals surface area contributed by atoms with E-state index < -0.39 is 5.25 Å². The number of aromatic nitrogens is 2. The molecule has 2 rings (SSSR count). The second-order valence-electron chi connectivity index (χ2n) is 4.90. The minimum atomic E-state index is -0.411. The van der Waals surface area contributed by atoms with Crippen molar-refractivity contribution in [3.8, 4) is 6.07 Å². The number of nitrogens with zero attached hydrogens (tertiary/aromatic N) is 3. The minimum Gasteiger partial charge on any atom is -0.325 e. The van der Waals surface area contributed by atoms with Gasteiger partial charge in [-0.15, -0.1) is 0 Å². The summed E-state index contributed by atoms with van der Waals surface area (Å²) < 4.78 is 0. The number of halogens is 1. The summed E-state index contributed by atoms with van der Waals surface area (Å²) in [7, 11) is 0. The van der Waals surface area contributed by atoms with Gasteiger partial charge in [0.1, 0.15) is 22.5 Å². The molecule has 0 aliphatic carbocycles. The smallest absolute Gasteiger partial charge is 0.237 e. The molecule has 0 bridgehead atoms. The van der Waals surface area contributed by atoms with Gasteiger partial charge in [0.05, 0.1) is 10.9 Å². The molecule has 0 spiro atoms. The number of aryl methyl sites for hydroxylation is 2. The SMILES string of the molecule is Cc1nc(C)c(C#N)c(SC(C)C(=O)Nc2ccc(Cl)cc2)n1. The van der Waals surface area contributed by atoms with Crippen molar-refractivity contribution < 1.29 is 4.79 Å². The number of carbonyl (C=O) groups excluding carboxylic acids is 1. The second-order valence-corrected chi connectivity index (χ2v) is 6.67. The van der Waals surface area contributed by atoms with E-state index in [-0.39, 0.29) is 5.91 Å². The summed E-state index contributed by atoms with van der Waals surface area (Å²) >= 11 is 7.06. The summed E-state index contributed by atoms with van der Waals surface area (Å²) in [4.78, 5) is 20.7. The van der Waals surface area contributed by atoms with Crippen molar-refractivity contribution in [2.45, 2.75) is 31.0 Å². The van der Waals surface area contributed by atoms with Crippen molar-refractivity contribution in [2.75, 3.05) is 5.32 Å². The molecule has 1 unspecified atom stereocenters. The van der Waals surface area contributed by atoms with Crippen LogP contribution in [0.2, 0.25) is 5.02 Å². The summed E-state index contributed by atoms with van der Waals surface area (Å²) in [6.45, 7) is 5.29. The molecule has 5 nitrogen and oxygen atoms in total. The predicted molar refractivity (Wildman–Crippen MR) is 91.6 cm³/mol. The van der Waals surface area contributed by atoms with Crippen LogP contribution in [-0.4, -0.2) is 21.1 Å². The van der Waals surface area contributed by atoms with E-state index in [9.17, 15) is 10.1 Å². The quantitative estimate of drug-likeness (QED) is 0.674. The molecule has 0 saturated carbocycles. The van der Waals surface area contributed by atoms with E-state index in [1.807, 2.05) is 0 Å². The molecular formula is C16H15ClN4OS. The lowest BCUT2D eigenvalue weighted by Crippen LogP contribution is -2.22. The van der Waals surface area contributed by atoms with Crippen LogP contribution in [0, 0.1) is 25.2 Å². The van der Waals surface area contributed by atoms with E-state index in [0.29, 0.717) is 32.8 Å². The van der Waals surface area contributed by atoms with Crippen LogP contribution < -0.4 is 5.32 Å². The number of rotatable bonds is 4. The maximum Gasteiger partial charge on any atom is 0.237 e. The number of nitriles is 1. The fourth-order valence-electron chi connectivity index (χ4n) is 1.89. The van der Waals surface area contributed by atoms with Gasteiger partial charge in [-0.1, -0.05) is 23.4 Å². The van der Waals surface area contributed by atoms with E-state index in [0.717, 1.165) is 0 Å². The molecular weight excluding hydrogens is 332 g/mol. The number of anilines is 1. The first-order valence-corrected chi connectivity index (χ1v) is 8.15. The predicted octanol–water partition coefficient (Wildman–Crippen LogP) is 3.74. The van der Waals surface area contributed by atoms with Gasteiger partial charge >= 0.3 is 0 Å². The highest BCUT2D eigenvalue weighted by Gasteiger charge is 2.19. The van der Waals surface area contributed by atoms with Gasteiger partial charge in [-0.3, -0.25) is 4.79 Å². The third kappa shape index (κ3) is 4.44. The molecule has 7 heteroatoms. The maximum absolute atomic E-state index is 12.3. The number of nitrogens with one attached hydrogen (secondary N) is 1. The molecule has 1 aromatic carbocycles. The third-order valence-electron chi connectivity index (χ3n) is 3.05. The monoisotopic (exact) mass is 346 g/mol. The fraction of sp³-hybridized carbons (Fsp3) is 0.250. The summed E-state index contributed by atoms with van der Waals surface area (Å²) in [5, 5.41) is 12.8. The Balaban J connectivity index is 2.12. The lowest BCUT2D eigenvalue weighted by atomic mass is 10.3. The van der Waals surface area contributed by atoms with Crippen LogP contribution >= 0.6 is 23.4 Å². The van der Waals surface area contributed by atoms with Gasteiger partial charge in [-0.2, -0.15) is 5.26 Å². The number of hydrogen-bond donors (Lipinski definition) is 1. The van der Waals surface area contributed by atoms with Gasteiger partial charge < -0.3 is 5.32 Å². The number of thioether (sulfide) groups is 1. The first kappa shape index (κ1) is 17.3. The van der Waals surface area contributed by atoms with E-state index in [2.05, 4.69) is 21.4 Å². The molecule has 1 heterocycles.